The first-order valence-corrected chi connectivity index (χ1v) is 12.0. The smallest absolute Gasteiger partial charge is 0.244 e. The molecule has 0 saturated carbocycles. The predicted octanol–water partition coefficient (Wildman–Crippen LogP) is 4.74. The molecule has 3 aromatic carbocycles. The summed E-state index contributed by atoms with van der Waals surface area (Å²) in [6, 6.07) is 18.0. The number of sulfone groups is 1. The summed E-state index contributed by atoms with van der Waals surface area (Å²) >= 11 is 6.09. The van der Waals surface area contributed by atoms with Crippen molar-refractivity contribution in [2.24, 2.45) is 0 Å². The third kappa shape index (κ3) is 4.55. The summed E-state index contributed by atoms with van der Waals surface area (Å²) in [6.07, 6.45) is 1.22. The van der Waals surface area contributed by atoms with Crippen molar-refractivity contribution in [1.29, 1.82) is 0 Å². The van der Waals surface area contributed by atoms with Crippen molar-refractivity contribution in [3.05, 3.63) is 99.3 Å². The molecule has 0 fully saturated rings. The number of aryl methyl sites for hydroxylation is 2. The van der Waals surface area contributed by atoms with Crippen molar-refractivity contribution < 1.29 is 13.2 Å². The van der Waals surface area contributed by atoms with E-state index in [1.54, 1.807) is 30.3 Å². The molecule has 0 radical (unpaired) electrons. The molecular formula is C25H21ClN2O4S. The second-order valence-electron chi connectivity index (χ2n) is 7.79. The van der Waals surface area contributed by atoms with E-state index in [1.165, 1.54) is 29.0 Å². The molecule has 0 aliphatic rings. The Labute approximate surface area is 196 Å². The van der Waals surface area contributed by atoms with Crippen LogP contribution in [-0.2, 0) is 21.2 Å². The van der Waals surface area contributed by atoms with Crippen molar-refractivity contribution in [3.8, 4) is 0 Å². The highest BCUT2D eigenvalue weighted by molar-refractivity contribution is 7.91. The highest BCUT2D eigenvalue weighted by atomic mass is 35.5. The van der Waals surface area contributed by atoms with Crippen LogP contribution in [0.1, 0.15) is 11.1 Å². The van der Waals surface area contributed by atoms with Crippen LogP contribution in [0.2, 0.25) is 5.02 Å². The minimum atomic E-state index is -4.11. The molecule has 0 bridgehead atoms. The van der Waals surface area contributed by atoms with Gasteiger partial charge in [-0.15, -0.1) is 0 Å². The average molecular weight is 481 g/mol. The Hall–Kier alpha value is -3.42. The van der Waals surface area contributed by atoms with Gasteiger partial charge in [0, 0.05) is 22.3 Å². The monoisotopic (exact) mass is 480 g/mol. The van der Waals surface area contributed by atoms with Crippen LogP contribution in [0.15, 0.2) is 87.5 Å². The molecule has 168 valence electrons. The van der Waals surface area contributed by atoms with Gasteiger partial charge in [-0.1, -0.05) is 47.5 Å². The van der Waals surface area contributed by atoms with E-state index in [9.17, 15) is 18.0 Å². The van der Waals surface area contributed by atoms with Gasteiger partial charge in [-0.3, -0.25) is 9.59 Å². The molecule has 4 aromatic rings. The molecule has 0 aliphatic carbocycles. The lowest BCUT2D eigenvalue weighted by atomic mass is 10.1. The molecule has 0 atom stereocenters. The maximum absolute atomic E-state index is 13.2. The zero-order valence-corrected chi connectivity index (χ0v) is 19.6. The number of pyridine rings is 1. The predicted molar refractivity (Wildman–Crippen MR) is 130 cm³/mol. The van der Waals surface area contributed by atoms with E-state index < -0.39 is 20.2 Å². The fraction of sp³-hybridized carbons (Fsp3) is 0.120. The highest BCUT2D eigenvalue weighted by Gasteiger charge is 2.24. The first-order chi connectivity index (χ1) is 15.7. The van der Waals surface area contributed by atoms with Crippen LogP contribution >= 0.6 is 11.6 Å². The topological polar surface area (TPSA) is 85.2 Å². The Bertz CT molecular complexity index is 1540. The lowest BCUT2D eigenvalue weighted by Crippen LogP contribution is -2.24. The van der Waals surface area contributed by atoms with Gasteiger partial charge in [-0.25, -0.2) is 8.42 Å². The van der Waals surface area contributed by atoms with E-state index in [0.29, 0.717) is 16.2 Å². The molecule has 0 aliphatic heterocycles. The molecule has 8 heteroatoms. The van der Waals surface area contributed by atoms with Gasteiger partial charge < -0.3 is 9.88 Å². The number of benzene rings is 3. The number of amides is 1. The number of aromatic nitrogens is 1. The summed E-state index contributed by atoms with van der Waals surface area (Å²) in [5.41, 5.74) is 2.39. The molecule has 33 heavy (non-hydrogen) atoms. The number of anilines is 1. The van der Waals surface area contributed by atoms with Gasteiger partial charge in [0.1, 0.15) is 11.4 Å². The van der Waals surface area contributed by atoms with Crippen LogP contribution in [0.25, 0.3) is 10.9 Å². The zero-order chi connectivity index (χ0) is 23.8. The van der Waals surface area contributed by atoms with Crippen molar-refractivity contribution in [2.45, 2.75) is 30.2 Å². The second kappa shape index (κ2) is 8.84. The molecule has 0 saturated heterocycles. The standard InChI is InChI=1S/C25H21ClN2O4S/c1-16-8-10-21(17(2)12-16)27-24(29)15-28-14-23(33(31,32)19-6-4-3-5-7-19)25(30)20-13-18(26)9-11-22(20)28/h3-14H,15H2,1-2H3,(H,27,29). The highest BCUT2D eigenvalue weighted by Crippen LogP contribution is 2.23. The van der Waals surface area contributed by atoms with Crippen LogP contribution in [-0.4, -0.2) is 18.9 Å². The minimum Gasteiger partial charge on any atom is -0.336 e. The lowest BCUT2D eigenvalue weighted by molar-refractivity contribution is -0.116. The Kier molecular flexibility index (Phi) is 6.10. The van der Waals surface area contributed by atoms with Gasteiger partial charge in [0.2, 0.25) is 21.2 Å². The fourth-order valence-corrected chi connectivity index (χ4v) is 5.25. The molecule has 1 aromatic heterocycles. The Morgan fingerprint density at radius 1 is 1.00 bits per heavy atom. The summed E-state index contributed by atoms with van der Waals surface area (Å²) in [6.45, 7) is 3.66. The number of halogens is 1. The van der Waals surface area contributed by atoms with Crippen molar-refractivity contribution in [1.82, 2.24) is 4.57 Å². The van der Waals surface area contributed by atoms with Gasteiger partial charge in [-0.2, -0.15) is 0 Å². The molecule has 1 heterocycles. The number of nitrogens with one attached hydrogen (secondary N) is 1. The van der Waals surface area contributed by atoms with Crippen LogP contribution in [0.4, 0.5) is 5.69 Å². The summed E-state index contributed by atoms with van der Waals surface area (Å²) in [5.74, 6) is -0.357. The number of carbonyl (C=O) groups is 1. The number of nitrogens with zero attached hydrogens (tertiary/aromatic N) is 1. The van der Waals surface area contributed by atoms with Crippen molar-refractivity contribution >= 4 is 43.9 Å². The molecule has 6 nitrogen and oxygen atoms in total. The Morgan fingerprint density at radius 2 is 1.73 bits per heavy atom. The largest absolute Gasteiger partial charge is 0.336 e. The van der Waals surface area contributed by atoms with Crippen molar-refractivity contribution in [2.75, 3.05) is 5.32 Å². The Balaban J connectivity index is 1.82. The van der Waals surface area contributed by atoms with Crippen LogP contribution < -0.4 is 10.7 Å². The molecular weight excluding hydrogens is 460 g/mol. The SMILES string of the molecule is Cc1ccc(NC(=O)Cn2cc(S(=O)(=O)c3ccccc3)c(=O)c3cc(Cl)ccc32)c(C)c1. The van der Waals surface area contributed by atoms with Gasteiger partial charge >= 0.3 is 0 Å². The average Bonchev–Trinajstić information content (AvgIpc) is 2.78. The minimum absolute atomic E-state index is 0.00485. The second-order valence-corrected chi connectivity index (χ2v) is 10.1. The number of hydrogen-bond donors (Lipinski definition) is 1. The van der Waals surface area contributed by atoms with E-state index >= 15 is 0 Å². The molecule has 1 amide bonds. The van der Waals surface area contributed by atoms with E-state index in [0.717, 1.165) is 11.1 Å². The maximum Gasteiger partial charge on any atom is 0.244 e. The quantitative estimate of drug-likeness (QED) is 0.447. The molecule has 1 N–H and O–H groups in total. The first kappa shape index (κ1) is 22.8. The summed E-state index contributed by atoms with van der Waals surface area (Å²) in [4.78, 5) is 25.6. The number of fused-ring (bicyclic) bond motifs is 1. The van der Waals surface area contributed by atoms with E-state index in [4.69, 9.17) is 11.6 Å². The number of hydrogen-bond acceptors (Lipinski definition) is 4. The van der Waals surface area contributed by atoms with Crippen LogP contribution in [0, 0.1) is 13.8 Å². The van der Waals surface area contributed by atoms with Gasteiger partial charge in [0.15, 0.2) is 0 Å². The maximum atomic E-state index is 13.2. The summed E-state index contributed by atoms with van der Waals surface area (Å²) < 4.78 is 27.9. The van der Waals surface area contributed by atoms with Gasteiger partial charge in [-0.05, 0) is 55.8 Å². The number of carbonyl (C=O) groups excluding carboxylic acids is 1. The zero-order valence-electron chi connectivity index (χ0n) is 18.0. The Morgan fingerprint density at radius 3 is 2.42 bits per heavy atom. The van der Waals surface area contributed by atoms with E-state index in [2.05, 4.69) is 5.32 Å². The van der Waals surface area contributed by atoms with E-state index in [-0.39, 0.29) is 22.7 Å². The summed E-state index contributed by atoms with van der Waals surface area (Å²) in [5, 5.41) is 3.27. The summed E-state index contributed by atoms with van der Waals surface area (Å²) in [7, 11) is -4.11. The normalized spacial score (nSPS) is 11.5. The van der Waals surface area contributed by atoms with E-state index in [1.807, 2.05) is 32.0 Å². The third-order valence-corrected chi connectivity index (χ3v) is 7.32. The molecule has 0 unspecified atom stereocenters. The first-order valence-electron chi connectivity index (χ1n) is 10.2. The van der Waals surface area contributed by atoms with Crippen LogP contribution in [0.3, 0.4) is 0 Å². The van der Waals surface area contributed by atoms with Gasteiger partial charge in [0.25, 0.3) is 0 Å². The van der Waals surface area contributed by atoms with Crippen molar-refractivity contribution in [3.63, 3.8) is 0 Å². The third-order valence-electron chi connectivity index (χ3n) is 5.32. The fourth-order valence-electron chi connectivity index (χ4n) is 3.69. The van der Waals surface area contributed by atoms with Gasteiger partial charge in [0.05, 0.1) is 10.4 Å². The molecule has 4 rings (SSSR count). The lowest BCUT2D eigenvalue weighted by Gasteiger charge is -2.15. The molecule has 0 spiro atoms. The number of rotatable bonds is 5. The van der Waals surface area contributed by atoms with Crippen LogP contribution in [0.5, 0.6) is 0 Å².